The zero-order chi connectivity index (χ0) is 15.2. The van der Waals surface area contributed by atoms with E-state index >= 15 is 0 Å². The molecule has 1 aliphatic rings. The number of aliphatic carboxylic acids is 1. The Bertz CT molecular complexity index is 557. The minimum atomic E-state index is -0.987. The summed E-state index contributed by atoms with van der Waals surface area (Å²) in [7, 11) is 0. The van der Waals surface area contributed by atoms with Crippen molar-refractivity contribution in [3.63, 3.8) is 0 Å². The number of amides is 1. The van der Waals surface area contributed by atoms with Crippen LogP contribution < -0.4 is 0 Å². The lowest BCUT2D eigenvalue weighted by Crippen LogP contribution is -2.33. The summed E-state index contributed by atoms with van der Waals surface area (Å²) in [4.78, 5) is 24.8. The quantitative estimate of drug-likeness (QED) is 0.864. The van der Waals surface area contributed by atoms with Crippen molar-refractivity contribution in [2.75, 3.05) is 26.3 Å². The van der Waals surface area contributed by atoms with Gasteiger partial charge in [-0.15, -0.1) is 0 Å². The summed E-state index contributed by atoms with van der Waals surface area (Å²) in [5.74, 6) is -0.989. The Hall–Kier alpha value is -2.14. The number of ether oxygens (including phenoxy) is 1. The molecule has 0 bridgehead atoms. The van der Waals surface area contributed by atoms with Gasteiger partial charge in [0.25, 0.3) is 5.91 Å². The number of nitrogens with zero attached hydrogens (tertiary/aromatic N) is 1. The number of benzene rings is 1. The highest BCUT2D eigenvalue weighted by atomic mass is 16.5. The molecule has 0 aliphatic carbocycles. The molecule has 5 heteroatoms. The number of carboxylic acids is 1. The van der Waals surface area contributed by atoms with Crippen LogP contribution in [0.4, 0.5) is 0 Å². The van der Waals surface area contributed by atoms with Crippen LogP contribution in [0, 0.1) is 6.92 Å². The number of hydrogen-bond acceptors (Lipinski definition) is 3. The van der Waals surface area contributed by atoms with Crippen molar-refractivity contribution in [1.82, 2.24) is 4.90 Å². The predicted octanol–water partition coefficient (Wildman–Crippen LogP) is 1.96. The molecule has 2 rings (SSSR count). The van der Waals surface area contributed by atoms with Gasteiger partial charge in [0.15, 0.2) is 0 Å². The van der Waals surface area contributed by atoms with E-state index in [9.17, 15) is 9.59 Å². The summed E-state index contributed by atoms with van der Waals surface area (Å²) >= 11 is 0. The van der Waals surface area contributed by atoms with E-state index in [-0.39, 0.29) is 5.91 Å². The summed E-state index contributed by atoms with van der Waals surface area (Å²) in [5, 5.41) is 8.65. The van der Waals surface area contributed by atoms with E-state index in [1.54, 1.807) is 23.1 Å². The molecule has 112 valence electrons. The lowest BCUT2D eigenvalue weighted by Gasteiger charge is -2.20. The van der Waals surface area contributed by atoms with Crippen LogP contribution in [0.25, 0.3) is 6.08 Å². The number of aryl methyl sites for hydroxylation is 1. The third kappa shape index (κ3) is 4.16. The van der Waals surface area contributed by atoms with Gasteiger partial charge in [-0.05, 0) is 42.7 Å². The van der Waals surface area contributed by atoms with Crippen molar-refractivity contribution in [3.05, 3.63) is 41.0 Å². The molecule has 1 fully saturated rings. The van der Waals surface area contributed by atoms with Crippen LogP contribution in [0.1, 0.15) is 27.9 Å². The molecule has 1 N–H and O–H groups in total. The Morgan fingerprint density at radius 1 is 1.29 bits per heavy atom. The van der Waals surface area contributed by atoms with Crippen molar-refractivity contribution in [1.29, 1.82) is 0 Å². The first-order valence-electron chi connectivity index (χ1n) is 6.96. The standard InChI is InChI=1S/C16H19NO4/c1-12-11-14(4-3-13(12)5-6-15(18)19)16(20)17-7-2-9-21-10-8-17/h3-6,11H,2,7-10H2,1H3,(H,18,19)/b6-5+. The van der Waals surface area contributed by atoms with Crippen molar-refractivity contribution >= 4 is 18.0 Å². The van der Waals surface area contributed by atoms with Gasteiger partial charge in [0.05, 0.1) is 6.61 Å². The number of hydrogen-bond donors (Lipinski definition) is 1. The van der Waals surface area contributed by atoms with E-state index in [1.807, 2.05) is 6.92 Å². The van der Waals surface area contributed by atoms with Gasteiger partial charge in [0.2, 0.25) is 0 Å². The average Bonchev–Trinajstić information content (AvgIpc) is 2.74. The van der Waals surface area contributed by atoms with Gasteiger partial charge in [-0.1, -0.05) is 6.07 Å². The van der Waals surface area contributed by atoms with Gasteiger partial charge in [0.1, 0.15) is 0 Å². The predicted molar refractivity (Wildman–Crippen MR) is 79.2 cm³/mol. The summed E-state index contributed by atoms with van der Waals surface area (Å²) < 4.78 is 5.35. The largest absolute Gasteiger partial charge is 0.478 e. The zero-order valence-electron chi connectivity index (χ0n) is 12.0. The smallest absolute Gasteiger partial charge is 0.328 e. The lowest BCUT2D eigenvalue weighted by atomic mass is 10.0. The van der Waals surface area contributed by atoms with Crippen LogP contribution >= 0.6 is 0 Å². The van der Waals surface area contributed by atoms with E-state index < -0.39 is 5.97 Å². The molecule has 0 aromatic heterocycles. The lowest BCUT2D eigenvalue weighted by molar-refractivity contribution is -0.131. The summed E-state index contributed by atoms with van der Waals surface area (Å²) in [6.07, 6.45) is 3.48. The van der Waals surface area contributed by atoms with Crippen LogP contribution in [0.15, 0.2) is 24.3 Å². The van der Waals surface area contributed by atoms with E-state index in [0.717, 1.165) is 23.6 Å². The van der Waals surface area contributed by atoms with Gasteiger partial charge in [-0.3, -0.25) is 4.79 Å². The molecule has 0 atom stereocenters. The fraction of sp³-hybridized carbons (Fsp3) is 0.375. The van der Waals surface area contributed by atoms with Crippen molar-refractivity contribution < 1.29 is 19.4 Å². The molecule has 0 unspecified atom stereocenters. The van der Waals surface area contributed by atoms with Gasteiger partial charge in [-0.2, -0.15) is 0 Å². The molecule has 1 aliphatic heterocycles. The Kier molecular flexibility index (Phi) is 5.11. The fourth-order valence-corrected chi connectivity index (χ4v) is 2.29. The maximum absolute atomic E-state index is 12.4. The first kappa shape index (κ1) is 15.3. The van der Waals surface area contributed by atoms with Crippen molar-refractivity contribution in [2.24, 2.45) is 0 Å². The molecular weight excluding hydrogens is 270 g/mol. The number of carbonyl (C=O) groups excluding carboxylic acids is 1. The van der Waals surface area contributed by atoms with Crippen LogP contribution in [0.3, 0.4) is 0 Å². The third-order valence-electron chi connectivity index (χ3n) is 3.43. The van der Waals surface area contributed by atoms with E-state index in [4.69, 9.17) is 9.84 Å². The SMILES string of the molecule is Cc1cc(C(=O)N2CCCOCC2)ccc1/C=C/C(=O)O. The molecular formula is C16H19NO4. The Labute approximate surface area is 123 Å². The molecule has 1 saturated heterocycles. The molecule has 0 spiro atoms. The van der Waals surface area contributed by atoms with E-state index in [2.05, 4.69) is 0 Å². The minimum Gasteiger partial charge on any atom is -0.478 e. The maximum Gasteiger partial charge on any atom is 0.328 e. The van der Waals surface area contributed by atoms with Crippen molar-refractivity contribution in [3.8, 4) is 0 Å². The van der Waals surface area contributed by atoms with Gasteiger partial charge in [-0.25, -0.2) is 4.79 Å². The number of rotatable bonds is 3. The normalized spacial score (nSPS) is 16.0. The molecule has 0 saturated carbocycles. The first-order valence-corrected chi connectivity index (χ1v) is 6.96. The second kappa shape index (κ2) is 7.04. The topological polar surface area (TPSA) is 66.8 Å². The maximum atomic E-state index is 12.4. The van der Waals surface area contributed by atoms with Crippen LogP contribution in [-0.4, -0.2) is 48.2 Å². The Morgan fingerprint density at radius 3 is 2.81 bits per heavy atom. The van der Waals surface area contributed by atoms with Crippen molar-refractivity contribution in [2.45, 2.75) is 13.3 Å². The summed E-state index contributed by atoms with van der Waals surface area (Å²) in [5.41, 5.74) is 2.31. The molecule has 1 aromatic carbocycles. The molecule has 21 heavy (non-hydrogen) atoms. The first-order chi connectivity index (χ1) is 10.1. The third-order valence-corrected chi connectivity index (χ3v) is 3.43. The molecule has 0 radical (unpaired) electrons. The second-order valence-electron chi connectivity index (χ2n) is 5.00. The second-order valence-corrected chi connectivity index (χ2v) is 5.00. The number of carbonyl (C=O) groups is 2. The van der Waals surface area contributed by atoms with Crippen LogP contribution in [0.2, 0.25) is 0 Å². The molecule has 5 nitrogen and oxygen atoms in total. The fourth-order valence-electron chi connectivity index (χ4n) is 2.29. The Morgan fingerprint density at radius 2 is 2.10 bits per heavy atom. The average molecular weight is 289 g/mol. The van der Waals surface area contributed by atoms with E-state index in [1.165, 1.54) is 6.08 Å². The van der Waals surface area contributed by atoms with Gasteiger partial charge in [0, 0.05) is 31.3 Å². The highest BCUT2D eigenvalue weighted by molar-refractivity contribution is 5.95. The zero-order valence-corrected chi connectivity index (χ0v) is 12.0. The van der Waals surface area contributed by atoms with Crippen LogP contribution in [-0.2, 0) is 9.53 Å². The van der Waals surface area contributed by atoms with Gasteiger partial charge >= 0.3 is 5.97 Å². The minimum absolute atomic E-state index is 0.00244. The van der Waals surface area contributed by atoms with E-state index in [0.29, 0.717) is 31.9 Å². The molecule has 1 heterocycles. The van der Waals surface area contributed by atoms with Gasteiger partial charge < -0.3 is 14.7 Å². The monoisotopic (exact) mass is 289 g/mol. The van der Waals surface area contributed by atoms with Crippen LogP contribution in [0.5, 0.6) is 0 Å². The highest BCUT2D eigenvalue weighted by Gasteiger charge is 2.17. The summed E-state index contributed by atoms with van der Waals surface area (Å²) in [6, 6.07) is 5.31. The molecule has 1 amide bonds. The highest BCUT2D eigenvalue weighted by Crippen LogP contribution is 2.15. The Balaban J connectivity index is 2.15. The number of carboxylic acid groups (broad SMARTS) is 1. The summed E-state index contributed by atoms with van der Waals surface area (Å²) in [6.45, 7) is 4.45. The molecule has 1 aromatic rings.